The summed E-state index contributed by atoms with van der Waals surface area (Å²) in [5.74, 6) is -0.149. The predicted octanol–water partition coefficient (Wildman–Crippen LogP) is 3.46. The van der Waals surface area contributed by atoms with E-state index in [9.17, 15) is 4.79 Å². The molecule has 22 heavy (non-hydrogen) atoms. The molecule has 0 aliphatic rings. The monoisotopic (exact) mass is 311 g/mol. The van der Waals surface area contributed by atoms with Gasteiger partial charge in [0, 0.05) is 17.8 Å². The second-order valence-electron chi connectivity index (χ2n) is 4.82. The summed E-state index contributed by atoms with van der Waals surface area (Å²) in [5.41, 5.74) is 2.43. The first-order chi connectivity index (χ1) is 10.7. The Morgan fingerprint density at radius 3 is 2.55 bits per heavy atom. The lowest BCUT2D eigenvalue weighted by atomic mass is 10.2. The number of nitrogens with one attached hydrogen (secondary N) is 1. The van der Waals surface area contributed by atoms with Crippen LogP contribution in [0, 0.1) is 0 Å². The van der Waals surface area contributed by atoms with Crippen molar-refractivity contribution in [1.82, 2.24) is 15.1 Å². The van der Waals surface area contributed by atoms with Crippen LogP contribution in [0.5, 0.6) is 0 Å². The first kappa shape index (κ1) is 14.4. The molecule has 0 bridgehead atoms. The van der Waals surface area contributed by atoms with Crippen molar-refractivity contribution in [2.24, 2.45) is 0 Å². The predicted molar refractivity (Wildman–Crippen MR) is 86.2 cm³/mol. The van der Waals surface area contributed by atoms with Crippen molar-refractivity contribution in [2.75, 3.05) is 0 Å². The van der Waals surface area contributed by atoms with Crippen LogP contribution in [0.4, 0.5) is 0 Å². The van der Waals surface area contributed by atoms with Gasteiger partial charge in [-0.25, -0.2) is 4.68 Å². The fraction of sp³-hybridized carbons (Fsp3) is 0.0588. The third-order valence-electron chi connectivity index (χ3n) is 3.23. The Balaban J connectivity index is 1.68. The number of nitrogens with zero attached hydrogens (tertiary/aromatic N) is 2. The average Bonchev–Trinajstić information content (AvgIpc) is 3.04. The van der Waals surface area contributed by atoms with Crippen molar-refractivity contribution >= 4 is 17.5 Å². The van der Waals surface area contributed by atoms with E-state index >= 15 is 0 Å². The molecular formula is C17H14ClN3O. The Morgan fingerprint density at radius 1 is 1.09 bits per heavy atom. The number of hydrogen-bond donors (Lipinski definition) is 1. The second-order valence-corrected chi connectivity index (χ2v) is 5.25. The van der Waals surface area contributed by atoms with Gasteiger partial charge in [0.2, 0.25) is 0 Å². The highest BCUT2D eigenvalue weighted by atomic mass is 35.5. The third kappa shape index (κ3) is 3.35. The molecule has 1 amide bonds. The summed E-state index contributed by atoms with van der Waals surface area (Å²) in [4.78, 5) is 12.1. The van der Waals surface area contributed by atoms with E-state index in [1.54, 1.807) is 29.2 Å². The summed E-state index contributed by atoms with van der Waals surface area (Å²) in [7, 11) is 0. The number of halogens is 1. The van der Waals surface area contributed by atoms with E-state index in [0.717, 1.165) is 11.3 Å². The number of carbonyl (C=O) groups excluding carboxylic acids is 1. The zero-order valence-corrected chi connectivity index (χ0v) is 12.5. The van der Waals surface area contributed by atoms with Gasteiger partial charge in [-0.2, -0.15) is 5.10 Å². The van der Waals surface area contributed by atoms with Crippen LogP contribution in [0.3, 0.4) is 0 Å². The quantitative estimate of drug-likeness (QED) is 0.802. The number of rotatable bonds is 4. The van der Waals surface area contributed by atoms with Gasteiger partial charge < -0.3 is 5.32 Å². The third-order valence-corrected chi connectivity index (χ3v) is 3.48. The fourth-order valence-electron chi connectivity index (χ4n) is 2.06. The summed E-state index contributed by atoms with van der Waals surface area (Å²) in [6.45, 7) is 0.492. The molecule has 0 unspecified atom stereocenters. The minimum absolute atomic E-state index is 0.149. The summed E-state index contributed by atoms with van der Waals surface area (Å²) >= 11 is 5.86. The standard InChI is InChI=1S/C17H14ClN3O/c18-15-6-8-16(9-7-15)21-12-14(11-20-21)17(22)19-10-13-4-2-1-3-5-13/h1-9,11-12H,10H2,(H,19,22). The first-order valence-corrected chi connectivity index (χ1v) is 7.23. The molecule has 5 heteroatoms. The Labute approximate surface area is 133 Å². The Morgan fingerprint density at radius 2 is 1.82 bits per heavy atom. The van der Waals surface area contributed by atoms with Gasteiger partial charge in [0.05, 0.1) is 17.4 Å². The molecule has 0 aliphatic heterocycles. The van der Waals surface area contributed by atoms with Gasteiger partial charge in [-0.1, -0.05) is 41.9 Å². The van der Waals surface area contributed by atoms with Crippen molar-refractivity contribution in [3.63, 3.8) is 0 Å². The smallest absolute Gasteiger partial charge is 0.254 e. The van der Waals surface area contributed by atoms with Crippen LogP contribution in [0.25, 0.3) is 5.69 Å². The van der Waals surface area contributed by atoms with Crippen molar-refractivity contribution in [2.45, 2.75) is 6.54 Å². The molecule has 0 saturated carbocycles. The molecule has 4 nitrogen and oxygen atoms in total. The van der Waals surface area contributed by atoms with Crippen LogP contribution in [0.2, 0.25) is 5.02 Å². The zero-order chi connectivity index (χ0) is 15.4. The summed E-state index contributed by atoms with van der Waals surface area (Å²) in [5, 5.41) is 7.74. The van der Waals surface area contributed by atoms with Gasteiger partial charge in [0.1, 0.15) is 0 Å². The van der Waals surface area contributed by atoms with Crippen molar-refractivity contribution < 1.29 is 4.79 Å². The summed E-state index contributed by atoms with van der Waals surface area (Å²) in [6, 6.07) is 17.0. The van der Waals surface area contributed by atoms with Gasteiger partial charge in [0.25, 0.3) is 5.91 Å². The topological polar surface area (TPSA) is 46.9 Å². The molecule has 0 spiro atoms. The highest BCUT2D eigenvalue weighted by molar-refractivity contribution is 6.30. The maximum atomic E-state index is 12.1. The van der Waals surface area contributed by atoms with E-state index in [1.807, 2.05) is 42.5 Å². The van der Waals surface area contributed by atoms with E-state index in [4.69, 9.17) is 11.6 Å². The molecule has 0 atom stereocenters. The SMILES string of the molecule is O=C(NCc1ccccc1)c1cnn(-c2ccc(Cl)cc2)c1. The summed E-state index contributed by atoms with van der Waals surface area (Å²) < 4.78 is 1.65. The summed E-state index contributed by atoms with van der Waals surface area (Å²) in [6.07, 6.45) is 3.25. The van der Waals surface area contributed by atoms with Crippen LogP contribution in [-0.2, 0) is 6.54 Å². The molecule has 0 fully saturated rings. The number of carbonyl (C=O) groups is 1. The molecule has 3 aromatic rings. The van der Waals surface area contributed by atoms with E-state index in [1.165, 1.54) is 0 Å². The van der Waals surface area contributed by atoms with Crippen LogP contribution in [0.15, 0.2) is 67.0 Å². The Hall–Kier alpha value is -2.59. The molecule has 0 saturated heterocycles. The van der Waals surface area contributed by atoms with Gasteiger partial charge in [-0.05, 0) is 29.8 Å². The highest BCUT2D eigenvalue weighted by Gasteiger charge is 2.09. The van der Waals surface area contributed by atoms with E-state index < -0.39 is 0 Å². The van der Waals surface area contributed by atoms with Crippen LogP contribution < -0.4 is 5.32 Å². The van der Waals surface area contributed by atoms with Crippen molar-refractivity contribution in [3.8, 4) is 5.69 Å². The van der Waals surface area contributed by atoms with E-state index in [2.05, 4.69) is 10.4 Å². The number of aromatic nitrogens is 2. The van der Waals surface area contributed by atoms with Crippen LogP contribution in [-0.4, -0.2) is 15.7 Å². The van der Waals surface area contributed by atoms with Gasteiger partial charge >= 0.3 is 0 Å². The minimum atomic E-state index is -0.149. The van der Waals surface area contributed by atoms with Gasteiger partial charge in [-0.3, -0.25) is 4.79 Å². The van der Waals surface area contributed by atoms with Crippen LogP contribution >= 0.6 is 11.6 Å². The molecule has 3 rings (SSSR count). The fourth-order valence-corrected chi connectivity index (χ4v) is 2.18. The van der Waals surface area contributed by atoms with Gasteiger partial charge in [0.15, 0.2) is 0 Å². The normalized spacial score (nSPS) is 10.4. The van der Waals surface area contributed by atoms with Crippen molar-refractivity contribution in [3.05, 3.63) is 83.1 Å². The second kappa shape index (κ2) is 6.45. The number of hydrogen-bond acceptors (Lipinski definition) is 2. The van der Waals surface area contributed by atoms with Crippen LogP contribution in [0.1, 0.15) is 15.9 Å². The van der Waals surface area contributed by atoms with E-state index in [-0.39, 0.29) is 5.91 Å². The highest BCUT2D eigenvalue weighted by Crippen LogP contribution is 2.13. The molecule has 2 aromatic carbocycles. The largest absolute Gasteiger partial charge is 0.348 e. The zero-order valence-electron chi connectivity index (χ0n) is 11.7. The van der Waals surface area contributed by atoms with Crippen molar-refractivity contribution in [1.29, 1.82) is 0 Å². The lowest BCUT2D eigenvalue weighted by molar-refractivity contribution is 0.0951. The van der Waals surface area contributed by atoms with E-state index in [0.29, 0.717) is 17.1 Å². The maximum absolute atomic E-state index is 12.1. The first-order valence-electron chi connectivity index (χ1n) is 6.85. The molecular weight excluding hydrogens is 298 g/mol. The Bertz CT molecular complexity index is 766. The lowest BCUT2D eigenvalue weighted by Gasteiger charge is -2.03. The molecule has 0 aliphatic carbocycles. The maximum Gasteiger partial charge on any atom is 0.254 e. The Kier molecular flexibility index (Phi) is 4.21. The minimum Gasteiger partial charge on any atom is -0.348 e. The molecule has 1 heterocycles. The number of benzene rings is 2. The molecule has 1 N–H and O–H groups in total. The molecule has 1 aromatic heterocycles. The average molecular weight is 312 g/mol. The van der Waals surface area contributed by atoms with Gasteiger partial charge in [-0.15, -0.1) is 0 Å². The number of amides is 1. The molecule has 110 valence electrons. The molecule has 0 radical (unpaired) electrons. The lowest BCUT2D eigenvalue weighted by Crippen LogP contribution is -2.22.